The maximum absolute atomic E-state index is 12.3. The van der Waals surface area contributed by atoms with Crippen LogP contribution in [0.1, 0.15) is 24.5 Å². The van der Waals surface area contributed by atoms with Gasteiger partial charge in [0.2, 0.25) is 5.91 Å². The first-order valence-corrected chi connectivity index (χ1v) is 8.48. The zero-order valence-electron chi connectivity index (χ0n) is 14.5. The number of para-hydroxylation sites is 1. The first kappa shape index (κ1) is 17.9. The number of aliphatic hydroxyl groups excluding tert-OH is 1. The van der Waals surface area contributed by atoms with E-state index in [1.807, 2.05) is 39.0 Å². The van der Waals surface area contributed by atoms with Gasteiger partial charge >= 0.3 is 0 Å². The molecule has 1 unspecified atom stereocenters. The van der Waals surface area contributed by atoms with Crippen molar-refractivity contribution < 1.29 is 9.90 Å². The number of anilines is 1. The SMILES string of the molecule is CCC(O)CN1CCN(CC(=O)Nc2c(C)cccc2C)CC1. The molecule has 1 heterocycles. The molecule has 0 bridgehead atoms. The Bertz CT molecular complexity index is 505. The molecule has 1 aliphatic heterocycles. The Morgan fingerprint density at radius 1 is 1.17 bits per heavy atom. The fraction of sp³-hybridized carbons (Fsp3) is 0.611. The average molecular weight is 319 g/mol. The molecule has 0 saturated carbocycles. The minimum absolute atomic E-state index is 0.0458. The lowest BCUT2D eigenvalue weighted by molar-refractivity contribution is -0.117. The highest BCUT2D eigenvalue weighted by atomic mass is 16.3. The fourth-order valence-electron chi connectivity index (χ4n) is 2.95. The molecule has 23 heavy (non-hydrogen) atoms. The molecule has 0 aliphatic carbocycles. The molecule has 1 amide bonds. The largest absolute Gasteiger partial charge is 0.392 e. The van der Waals surface area contributed by atoms with Crippen molar-refractivity contribution in [3.63, 3.8) is 0 Å². The van der Waals surface area contributed by atoms with E-state index in [0.29, 0.717) is 6.54 Å². The lowest BCUT2D eigenvalue weighted by Gasteiger charge is -2.35. The van der Waals surface area contributed by atoms with Crippen LogP contribution < -0.4 is 5.32 Å². The van der Waals surface area contributed by atoms with E-state index < -0.39 is 0 Å². The smallest absolute Gasteiger partial charge is 0.238 e. The van der Waals surface area contributed by atoms with Crippen molar-refractivity contribution >= 4 is 11.6 Å². The Hall–Kier alpha value is -1.43. The van der Waals surface area contributed by atoms with Crippen molar-refractivity contribution in [2.24, 2.45) is 0 Å². The van der Waals surface area contributed by atoms with E-state index in [0.717, 1.165) is 56.0 Å². The summed E-state index contributed by atoms with van der Waals surface area (Å²) in [5.74, 6) is 0.0458. The van der Waals surface area contributed by atoms with Gasteiger partial charge in [-0.15, -0.1) is 0 Å². The Morgan fingerprint density at radius 3 is 2.30 bits per heavy atom. The van der Waals surface area contributed by atoms with Gasteiger partial charge in [-0.3, -0.25) is 14.6 Å². The third kappa shape index (κ3) is 5.30. The highest BCUT2D eigenvalue weighted by Gasteiger charge is 2.20. The van der Waals surface area contributed by atoms with Gasteiger partial charge < -0.3 is 10.4 Å². The number of carbonyl (C=O) groups excluding carboxylic acids is 1. The maximum Gasteiger partial charge on any atom is 0.238 e. The van der Waals surface area contributed by atoms with E-state index in [-0.39, 0.29) is 12.0 Å². The second kappa shape index (κ2) is 8.43. The van der Waals surface area contributed by atoms with Gasteiger partial charge in [0.15, 0.2) is 0 Å². The third-order valence-corrected chi connectivity index (χ3v) is 4.52. The van der Waals surface area contributed by atoms with Gasteiger partial charge in [-0.1, -0.05) is 25.1 Å². The van der Waals surface area contributed by atoms with Crippen LogP contribution in [0.2, 0.25) is 0 Å². The van der Waals surface area contributed by atoms with Gasteiger partial charge in [0.1, 0.15) is 0 Å². The molecule has 1 aromatic rings. The molecular weight excluding hydrogens is 290 g/mol. The fourth-order valence-corrected chi connectivity index (χ4v) is 2.95. The van der Waals surface area contributed by atoms with Crippen molar-refractivity contribution in [1.29, 1.82) is 0 Å². The summed E-state index contributed by atoms with van der Waals surface area (Å²) >= 11 is 0. The molecule has 1 aromatic carbocycles. The number of rotatable bonds is 6. The summed E-state index contributed by atoms with van der Waals surface area (Å²) in [6.07, 6.45) is 0.548. The van der Waals surface area contributed by atoms with Gasteiger partial charge in [-0.05, 0) is 31.4 Å². The molecule has 1 saturated heterocycles. The standard InChI is InChI=1S/C18H29N3O2/c1-4-16(22)12-20-8-10-21(11-9-20)13-17(23)19-18-14(2)6-5-7-15(18)3/h5-7,16,22H,4,8-13H2,1-3H3,(H,19,23). The molecule has 1 atom stereocenters. The van der Waals surface area contributed by atoms with Crippen LogP contribution >= 0.6 is 0 Å². The first-order valence-electron chi connectivity index (χ1n) is 8.48. The minimum atomic E-state index is -0.242. The molecule has 5 nitrogen and oxygen atoms in total. The quantitative estimate of drug-likeness (QED) is 0.837. The highest BCUT2D eigenvalue weighted by Crippen LogP contribution is 2.19. The van der Waals surface area contributed by atoms with E-state index in [1.54, 1.807) is 0 Å². The number of hydrogen-bond acceptors (Lipinski definition) is 4. The van der Waals surface area contributed by atoms with E-state index in [4.69, 9.17) is 0 Å². The van der Waals surface area contributed by atoms with Crippen LogP contribution in [0.5, 0.6) is 0 Å². The lowest BCUT2D eigenvalue weighted by Crippen LogP contribution is -2.50. The number of amides is 1. The summed E-state index contributed by atoms with van der Waals surface area (Å²) in [6.45, 7) is 10.8. The Balaban J connectivity index is 1.79. The van der Waals surface area contributed by atoms with Crippen molar-refractivity contribution in [2.45, 2.75) is 33.3 Å². The Labute approximate surface area is 139 Å². The highest BCUT2D eigenvalue weighted by molar-refractivity contribution is 5.93. The molecule has 2 rings (SSSR count). The van der Waals surface area contributed by atoms with Crippen LogP contribution in [-0.4, -0.2) is 66.2 Å². The number of hydrogen-bond donors (Lipinski definition) is 2. The topological polar surface area (TPSA) is 55.8 Å². The molecular formula is C18H29N3O2. The molecule has 128 valence electrons. The van der Waals surface area contributed by atoms with Crippen molar-refractivity contribution in [2.75, 3.05) is 44.6 Å². The van der Waals surface area contributed by atoms with Crippen LogP contribution in [0, 0.1) is 13.8 Å². The second-order valence-electron chi connectivity index (χ2n) is 6.45. The van der Waals surface area contributed by atoms with Crippen LogP contribution in [0.3, 0.4) is 0 Å². The molecule has 2 N–H and O–H groups in total. The van der Waals surface area contributed by atoms with E-state index in [1.165, 1.54) is 0 Å². The number of aliphatic hydroxyl groups is 1. The van der Waals surface area contributed by atoms with Gasteiger partial charge in [0.25, 0.3) is 0 Å². The monoisotopic (exact) mass is 319 g/mol. The third-order valence-electron chi connectivity index (χ3n) is 4.52. The second-order valence-corrected chi connectivity index (χ2v) is 6.45. The minimum Gasteiger partial charge on any atom is -0.392 e. The van der Waals surface area contributed by atoms with Crippen LogP contribution in [0.4, 0.5) is 5.69 Å². The summed E-state index contributed by atoms with van der Waals surface area (Å²) in [6, 6.07) is 6.03. The van der Waals surface area contributed by atoms with E-state index >= 15 is 0 Å². The zero-order valence-corrected chi connectivity index (χ0v) is 14.5. The van der Waals surface area contributed by atoms with Gasteiger partial charge in [-0.2, -0.15) is 0 Å². The van der Waals surface area contributed by atoms with Crippen molar-refractivity contribution in [1.82, 2.24) is 9.80 Å². The molecule has 0 aromatic heterocycles. The molecule has 0 spiro atoms. The van der Waals surface area contributed by atoms with Crippen LogP contribution in [0.25, 0.3) is 0 Å². The lowest BCUT2D eigenvalue weighted by atomic mass is 10.1. The Kier molecular flexibility index (Phi) is 6.57. The van der Waals surface area contributed by atoms with Crippen molar-refractivity contribution in [3.05, 3.63) is 29.3 Å². The maximum atomic E-state index is 12.3. The average Bonchev–Trinajstić information content (AvgIpc) is 2.53. The summed E-state index contributed by atoms with van der Waals surface area (Å²) in [4.78, 5) is 16.7. The van der Waals surface area contributed by atoms with Gasteiger partial charge in [0.05, 0.1) is 12.6 Å². The van der Waals surface area contributed by atoms with Gasteiger partial charge in [-0.25, -0.2) is 0 Å². The van der Waals surface area contributed by atoms with E-state index in [2.05, 4.69) is 15.1 Å². The van der Waals surface area contributed by atoms with Crippen molar-refractivity contribution in [3.8, 4) is 0 Å². The molecule has 1 aliphatic rings. The summed E-state index contributed by atoms with van der Waals surface area (Å²) in [5, 5.41) is 12.8. The summed E-state index contributed by atoms with van der Waals surface area (Å²) in [5.41, 5.74) is 3.12. The summed E-state index contributed by atoms with van der Waals surface area (Å²) < 4.78 is 0. The van der Waals surface area contributed by atoms with Crippen LogP contribution in [-0.2, 0) is 4.79 Å². The normalized spacial score (nSPS) is 17.9. The zero-order chi connectivity index (χ0) is 16.8. The number of piperazine rings is 1. The predicted molar refractivity (Wildman–Crippen MR) is 93.7 cm³/mol. The number of aryl methyl sites for hydroxylation is 2. The summed E-state index contributed by atoms with van der Waals surface area (Å²) in [7, 11) is 0. The van der Waals surface area contributed by atoms with Gasteiger partial charge in [0, 0.05) is 38.4 Å². The number of carbonyl (C=O) groups is 1. The number of nitrogens with one attached hydrogen (secondary N) is 1. The molecule has 5 heteroatoms. The van der Waals surface area contributed by atoms with E-state index in [9.17, 15) is 9.90 Å². The Morgan fingerprint density at radius 2 is 1.74 bits per heavy atom. The first-order chi connectivity index (χ1) is 11.0. The number of nitrogens with zero attached hydrogens (tertiary/aromatic N) is 2. The molecule has 0 radical (unpaired) electrons. The van der Waals surface area contributed by atoms with Crippen LogP contribution in [0.15, 0.2) is 18.2 Å². The molecule has 1 fully saturated rings. The number of benzene rings is 1. The predicted octanol–water partition coefficient (Wildman–Crippen LogP) is 1.63. The number of β-amino-alcohol motifs (C(OH)–C–C–N with tert-alkyl or cyclic N) is 1.